The van der Waals surface area contributed by atoms with Crippen LogP contribution in [0.25, 0.3) is 0 Å². The van der Waals surface area contributed by atoms with Crippen LogP contribution in [0.15, 0.2) is 12.1 Å². The Morgan fingerprint density at radius 2 is 1.90 bits per heavy atom. The first-order valence-electron chi connectivity index (χ1n) is 7.34. The van der Waals surface area contributed by atoms with Crippen molar-refractivity contribution in [2.24, 2.45) is 11.8 Å². The molecule has 0 bridgehead atoms. The van der Waals surface area contributed by atoms with Crippen LogP contribution in [0.4, 0.5) is 17.3 Å². The summed E-state index contributed by atoms with van der Waals surface area (Å²) in [5.74, 6) is 2.64. The number of hydrogen-bond donors (Lipinski definition) is 2. The lowest BCUT2D eigenvalue weighted by Gasteiger charge is -2.18. The summed E-state index contributed by atoms with van der Waals surface area (Å²) in [4.78, 5) is 15.1. The van der Waals surface area contributed by atoms with Gasteiger partial charge in [0.25, 0.3) is 5.69 Å². The highest BCUT2D eigenvalue weighted by Gasteiger charge is 2.41. The van der Waals surface area contributed by atoms with Gasteiger partial charge in [0.2, 0.25) is 0 Å². The highest BCUT2D eigenvalue weighted by molar-refractivity contribution is 5.55. The molecule has 2 aliphatic rings. The van der Waals surface area contributed by atoms with Gasteiger partial charge in [-0.3, -0.25) is 10.1 Å². The Balaban J connectivity index is 1.81. The van der Waals surface area contributed by atoms with Gasteiger partial charge in [0.05, 0.1) is 17.1 Å². The van der Waals surface area contributed by atoms with Gasteiger partial charge in [-0.25, -0.2) is 4.98 Å². The smallest absolute Gasteiger partial charge is 0.276 e. The van der Waals surface area contributed by atoms with E-state index in [2.05, 4.69) is 15.6 Å². The molecule has 2 N–H and O–H groups in total. The van der Waals surface area contributed by atoms with E-state index in [0.29, 0.717) is 24.2 Å². The maximum absolute atomic E-state index is 11.0. The Kier molecular flexibility index (Phi) is 3.46. The average molecular weight is 276 g/mol. The second-order valence-corrected chi connectivity index (χ2v) is 5.73. The summed E-state index contributed by atoms with van der Waals surface area (Å²) >= 11 is 0. The molecule has 6 nitrogen and oxygen atoms in total. The molecule has 0 atom stereocenters. The number of rotatable bonds is 7. The van der Waals surface area contributed by atoms with Crippen LogP contribution in [0, 0.1) is 22.0 Å². The van der Waals surface area contributed by atoms with E-state index in [4.69, 9.17) is 0 Å². The molecular weight excluding hydrogens is 256 g/mol. The fourth-order valence-corrected chi connectivity index (χ4v) is 2.67. The number of nitrogens with zero attached hydrogens (tertiary/aromatic N) is 2. The molecule has 0 aliphatic heterocycles. The number of nitro groups is 1. The molecule has 0 spiro atoms. The number of nitrogens with one attached hydrogen (secondary N) is 2. The Morgan fingerprint density at radius 3 is 2.40 bits per heavy atom. The molecule has 1 aromatic heterocycles. The second kappa shape index (κ2) is 5.26. The fourth-order valence-electron chi connectivity index (χ4n) is 2.67. The van der Waals surface area contributed by atoms with Crippen LogP contribution < -0.4 is 10.6 Å². The van der Waals surface area contributed by atoms with Crippen molar-refractivity contribution in [2.75, 3.05) is 17.2 Å². The van der Waals surface area contributed by atoms with Gasteiger partial charge in [0, 0.05) is 12.6 Å². The van der Waals surface area contributed by atoms with Crippen molar-refractivity contribution in [2.45, 2.75) is 38.6 Å². The summed E-state index contributed by atoms with van der Waals surface area (Å²) in [6.07, 6.45) is 5.07. The van der Waals surface area contributed by atoms with Crippen LogP contribution in [0.5, 0.6) is 0 Å². The third-order valence-corrected chi connectivity index (χ3v) is 3.95. The van der Waals surface area contributed by atoms with Crippen molar-refractivity contribution in [3.63, 3.8) is 0 Å². The number of aromatic nitrogens is 1. The Hall–Kier alpha value is -1.85. The largest absolute Gasteiger partial charge is 0.370 e. The minimum Gasteiger partial charge on any atom is -0.370 e. The van der Waals surface area contributed by atoms with Crippen LogP contribution >= 0.6 is 0 Å². The van der Waals surface area contributed by atoms with Gasteiger partial charge in [-0.15, -0.1) is 0 Å². The summed E-state index contributed by atoms with van der Waals surface area (Å²) in [5.41, 5.74) is 0.0868. The van der Waals surface area contributed by atoms with Gasteiger partial charge >= 0.3 is 0 Å². The lowest BCUT2D eigenvalue weighted by molar-refractivity contribution is -0.384. The van der Waals surface area contributed by atoms with E-state index in [1.807, 2.05) is 6.92 Å². The molecule has 0 aromatic carbocycles. The van der Waals surface area contributed by atoms with Crippen molar-refractivity contribution < 1.29 is 4.92 Å². The quantitative estimate of drug-likeness (QED) is 0.591. The summed E-state index contributed by atoms with van der Waals surface area (Å²) in [5, 5.41) is 17.5. The molecular formula is C14H20N4O2. The summed E-state index contributed by atoms with van der Waals surface area (Å²) < 4.78 is 0. The molecule has 108 valence electrons. The lowest BCUT2D eigenvalue weighted by Crippen LogP contribution is -2.25. The van der Waals surface area contributed by atoms with Gasteiger partial charge in [-0.2, -0.15) is 0 Å². The van der Waals surface area contributed by atoms with Crippen LogP contribution in [0.1, 0.15) is 32.6 Å². The van der Waals surface area contributed by atoms with Gasteiger partial charge < -0.3 is 10.6 Å². The van der Waals surface area contributed by atoms with E-state index in [9.17, 15) is 10.1 Å². The van der Waals surface area contributed by atoms with E-state index < -0.39 is 0 Å². The highest BCUT2D eigenvalue weighted by atomic mass is 16.6. The molecule has 6 heteroatoms. The predicted molar refractivity (Wildman–Crippen MR) is 77.9 cm³/mol. The summed E-state index contributed by atoms with van der Waals surface area (Å²) in [7, 11) is 0. The third kappa shape index (κ3) is 3.00. The number of pyridine rings is 1. The summed E-state index contributed by atoms with van der Waals surface area (Å²) in [6, 6.07) is 3.47. The maximum atomic E-state index is 11.0. The zero-order chi connectivity index (χ0) is 14.1. The van der Waals surface area contributed by atoms with Gasteiger partial charge in [-0.1, -0.05) is 0 Å². The molecule has 1 heterocycles. The van der Waals surface area contributed by atoms with E-state index in [1.54, 1.807) is 6.07 Å². The Labute approximate surface area is 118 Å². The molecule has 2 fully saturated rings. The second-order valence-electron chi connectivity index (χ2n) is 5.73. The molecule has 20 heavy (non-hydrogen) atoms. The van der Waals surface area contributed by atoms with Crippen molar-refractivity contribution >= 4 is 17.3 Å². The zero-order valence-corrected chi connectivity index (χ0v) is 11.6. The number of hydrogen-bond acceptors (Lipinski definition) is 5. The first kappa shape index (κ1) is 13.1. The normalized spacial score (nSPS) is 18.1. The SMILES string of the molecule is CCNc1cc([N+](=O)[O-])cc(NC(C2CC2)C2CC2)n1. The van der Waals surface area contributed by atoms with Crippen molar-refractivity contribution in [1.82, 2.24) is 4.98 Å². The van der Waals surface area contributed by atoms with E-state index in [0.717, 1.165) is 11.8 Å². The zero-order valence-electron chi connectivity index (χ0n) is 11.6. The molecule has 2 saturated carbocycles. The van der Waals surface area contributed by atoms with E-state index in [1.165, 1.54) is 31.7 Å². The molecule has 0 saturated heterocycles. The minimum absolute atomic E-state index is 0.0868. The molecule has 0 amide bonds. The predicted octanol–water partition coefficient (Wildman–Crippen LogP) is 3.02. The average Bonchev–Trinajstić information content (AvgIpc) is 3.28. The molecule has 1 aromatic rings. The maximum Gasteiger partial charge on any atom is 0.276 e. The van der Waals surface area contributed by atoms with E-state index >= 15 is 0 Å². The Bertz CT molecular complexity index is 500. The molecule has 0 unspecified atom stereocenters. The highest BCUT2D eigenvalue weighted by Crippen LogP contribution is 2.45. The first-order chi connectivity index (χ1) is 9.67. The van der Waals surface area contributed by atoms with Crippen molar-refractivity contribution in [3.05, 3.63) is 22.2 Å². The van der Waals surface area contributed by atoms with Crippen molar-refractivity contribution in [1.29, 1.82) is 0 Å². The lowest BCUT2D eigenvalue weighted by atomic mass is 10.1. The third-order valence-electron chi connectivity index (χ3n) is 3.95. The monoisotopic (exact) mass is 276 g/mol. The molecule has 0 radical (unpaired) electrons. The topological polar surface area (TPSA) is 80.1 Å². The molecule has 3 rings (SSSR count). The van der Waals surface area contributed by atoms with Gasteiger partial charge in [0.15, 0.2) is 0 Å². The standard InChI is InChI=1S/C14H20N4O2/c1-2-15-12-7-11(18(19)20)8-13(16-12)17-14(9-3-4-9)10-5-6-10/h7-10,14H,2-6H2,1H3,(H2,15,16,17). The number of anilines is 2. The first-order valence-corrected chi connectivity index (χ1v) is 7.34. The van der Waals surface area contributed by atoms with Crippen LogP contribution in [-0.4, -0.2) is 22.5 Å². The van der Waals surface area contributed by atoms with Crippen LogP contribution in [-0.2, 0) is 0 Å². The van der Waals surface area contributed by atoms with Crippen LogP contribution in [0.2, 0.25) is 0 Å². The van der Waals surface area contributed by atoms with Gasteiger partial charge in [0.1, 0.15) is 11.6 Å². The molecule has 2 aliphatic carbocycles. The van der Waals surface area contributed by atoms with Crippen LogP contribution in [0.3, 0.4) is 0 Å². The van der Waals surface area contributed by atoms with Gasteiger partial charge in [-0.05, 0) is 44.4 Å². The van der Waals surface area contributed by atoms with Crippen molar-refractivity contribution in [3.8, 4) is 0 Å². The summed E-state index contributed by atoms with van der Waals surface area (Å²) in [6.45, 7) is 2.65. The Morgan fingerprint density at radius 1 is 1.30 bits per heavy atom. The minimum atomic E-state index is -0.364. The fraction of sp³-hybridized carbons (Fsp3) is 0.643. The van der Waals surface area contributed by atoms with E-state index in [-0.39, 0.29) is 10.6 Å².